The number of carboxylic acid groups (broad SMARTS) is 1. The van der Waals surface area contributed by atoms with Gasteiger partial charge in [-0.25, -0.2) is 4.79 Å². The SMILES string of the molecule is O=C(N[C@@H](CCO)C(=O)O)c1cccc2c1CCNC2. The van der Waals surface area contributed by atoms with Gasteiger partial charge in [0.2, 0.25) is 0 Å². The molecule has 0 aromatic heterocycles. The van der Waals surface area contributed by atoms with Crippen molar-refractivity contribution in [1.29, 1.82) is 0 Å². The van der Waals surface area contributed by atoms with Crippen LogP contribution in [0, 0.1) is 0 Å². The van der Waals surface area contributed by atoms with Crippen LogP contribution in [0.15, 0.2) is 18.2 Å². The molecule has 4 N–H and O–H groups in total. The lowest BCUT2D eigenvalue weighted by Gasteiger charge is -2.21. The van der Waals surface area contributed by atoms with E-state index in [9.17, 15) is 9.59 Å². The second-order valence-corrected chi connectivity index (χ2v) is 4.75. The quantitative estimate of drug-likeness (QED) is 0.603. The van der Waals surface area contributed by atoms with Crippen molar-refractivity contribution in [3.63, 3.8) is 0 Å². The topological polar surface area (TPSA) is 98.7 Å². The number of aliphatic carboxylic acids is 1. The Hall–Kier alpha value is -1.92. The molecule has 1 heterocycles. The average Bonchev–Trinajstić information content (AvgIpc) is 2.46. The number of aliphatic hydroxyl groups excluding tert-OH is 1. The molecule has 0 bridgehead atoms. The number of carbonyl (C=O) groups is 2. The van der Waals surface area contributed by atoms with Crippen molar-refractivity contribution in [2.45, 2.75) is 25.4 Å². The molecule has 0 unspecified atom stereocenters. The van der Waals surface area contributed by atoms with Crippen LogP contribution in [0.25, 0.3) is 0 Å². The van der Waals surface area contributed by atoms with Crippen LogP contribution >= 0.6 is 0 Å². The molecule has 0 saturated carbocycles. The van der Waals surface area contributed by atoms with Crippen LogP contribution < -0.4 is 10.6 Å². The minimum Gasteiger partial charge on any atom is -0.480 e. The zero-order valence-corrected chi connectivity index (χ0v) is 11.1. The molecule has 1 amide bonds. The summed E-state index contributed by atoms with van der Waals surface area (Å²) in [6.45, 7) is 1.24. The van der Waals surface area contributed by atoms with Gasteiger partial charge in [-0.3, -0.25) is 4.79 Å². The molecular formula is C14H18N2O4. The predicted octanol–water partition coefficient (Wildman–Crippen LogP) is -0.102. The van der Waals surface area contributed by atoms with Crippen LogP contribution in [0.2, 0.25) is 0 Å². The number of hydrogen-bond acceptors (Lipinski definition) is 4. The molecule has 1 aliphatic heterocycles. The van der Waals surface area contributed by atoms with Gasteiger partial charge in [-0.15, -0.1) is 0 Å². The minimum atomic E-state index is -1.14. The number of fused-ring (bicyclic) bond motifs is 1. The molecule has 1 aromatic carbocycles. The summed E-state index contributed by atoms with van der Waals surface area (Å²) in [7, 11) is 0. The van der Waals surface area contributed by atoms with Gasteiger partial charge in [0.25, 0.3) is 5.91 Å². The normalized spacial score (nSPS) is 15.2. The van der Waals surface area contributed by atoms with Gasteiger partial charge in [-0.1, -0.05) is 12.1 Å². The summed E-state index contributed by atoms with van der Waals surface area (Å²) in [6, 6.07) is 4.39. The van der Waals surface area contributed by atoms with E-state index >= 15 is 0 Å². The fourth-order valence-corrected chi connectivity index (χ4v) is 2.37. The number of carboxylic acids is 1. The first-order valence-electron chi connectivity index (χ1n) is 6.59. The van der Waals surface area contributed by atoms with Crippen LogP contribution in [-0.4, -0.2) is 41.3 Å². The van der Waals surface area contributed by atoms with Crippen LogP contribution in [0.1, 0.15) is 27.9 Å². The summed E-state index contributed by atoms with van der Waals surface area (Å²) in [5, 5.41) is 23.5. The molecule has 1 aromatic rings. The molecule has 0 aliphatic carbocycles. The van der Waals surface area contributed by atoms with E-state index in [1.54, 1.807) is 12.1 Å². The van der Waals surface area contributed by atoms with Crippen LogP contribution in [-0.2, 0) is 17.8 Å². The number of aliphatic hydroxyl groups is 1. The van der Waals surface area contributed by atoms with Crippen molar-refractivity contribution in [3.8, 4) is 0 Å². The van der Waals surface area contributed by atoms with E-state index < -0.39 is 17.9 Å². The highest BCUT2D eigenvalue weighted by Crippen LogP contribution is 2.18. The number of benzene rings is 1. The summed E-state index contributed by atoms with van der Waals surface area (Å²) < 4.78 is 0. The summed E-state index contributed by atoms with van der Waals surface area (Å²) in [5.74, 6) is -1.54. The first kappa shape index (κ1) is 14.5. The van der Waals surface area contributed by atoms with Crippen molar-refractivity contribution in [2.75, 3.05) is 13.2 Å². The van der Waals surface area contributed by atoms with Crippen molar-refractivity contribution in [2.24, 2.45) is 0 Å². The molecule has 20 heavy (non-hydrogen) atoms. The van der Waals surface area contributed by atoms with Crippen LogP contribution in [0.4, 0.5) is 0 Å². The molecular weight excluding hydrogens is 260 g/mol. The fourth-order valence-electron chi connectivity index (χ4n) is 2.37. The van der Waals surface area contributed by atoms with Crippen LogP contribution in [0.3, 0.4) is 0 Å². The maximum atomic E-state index is 12.2. The molecule has 0 fully saturated rings. The Labute approximate surface area is 116 Å². The Morgan fingerprint density at radius 1 is 1.40 bits per heavy atom. The van der Waals surface area contributed by atoms with Gasteiger partial charge in [-0.2, -0.15) is 0 Å². The average molecular weight is 278 g/mol. The standard InChI is InChI=1S/C14H18N2O4/c17-7-5-12(14(19)20)16-13(18)11-3-1-2-9-8-15-6-4-10(9)11/h1-3,12,15,17H,4-8H2,(H,16,18)(H,19,20)/t12-/m0/s1. The third-order valence-corrected chi connectivity index (χ3v) is 3.41. The molecule has 108 valence electrons. The van der Waals surface area contributed by atoms with E-state index in [0.717, 1.165) is 30.6 Å². The zero-order chi connectivity index (χ0) is 14.5. The molecule has 0 saturated heterocycles. The third-order valence-electron chi connectivity index (χ3n) is 3.41. The smallest absolute Gasteiger partial charge is 0.326 e. The van der Waals surface area contributed by atoms with E-state index in [4.69, 9.17) is 10.2 Å². The predicted molar refractivity (Wildman–Crippen MR) is 72.4 cm³/mol. The first-order chi connectivity index (χ1) is 9.63. The van der Waals surface area contributed by atoms with Gasteiger partial charge < -0.3 is 20.8 Å². The summed E-state index contributed by atoms with van der Waals surface area (Å²) in [5.41, 5.74) is 2.56. The van der Waals surface area contributed by atoms with E-state index in [1.807, 2.05) is 6.07 Å². The number of nitrogens with one attached hydrogen (secondary N) is 2. The molecule has 0 spiro atoms. The number of rotatable bonds is 5. The first-order valence-corrected chi connectivity index (χ1v) is 6.59. The van der Waals surface area contributed by atoms with Crippen molar-refractivity contribution >= 4 is 11.9 Å². The van der Waals surface area contributed by atoms with Crippen molar-refractivity contribution in [1.82, 2.24) is 10.6 Å². The largest absolute Gasteiger partial charge is 0.480 e. The molecule has 0 radical (unpaired) electrons. The Balaban J connectivity index is 2.19. The second kappa shape index (κ2) is 6.49. The zero-order valence-electron chi connectivity index (χ0n) is 11.1. The minimum absolute atomic E-state index is 0.00233. The van der Waals surface area contributed by atoms with Gasteiger partial charge >= 0.3 is 5.97 Å². The van der Waals surface area contributed by atoms with Crippen molar-refractivity contribution in [3.05, 3.63) is 34.9 Å². The maximum absolute atomic E-state index is 12.2. The molecule has 2 rings (SSSR count). The van der Waals surface area contributed by atoms with E-state index in [2.05, 4.69) is 10.6 Å². The maximum Gasteiger partial charge on any atom is 0.326 e. The Bertz CT molecular complexity index is 516. The summed E-state index contributed by atoms with van der Waals surface area (Å²) in [6.07, 6.45) is 0.744. The third kappa shape index (κ3) is 3.15. The highest BCUT2D eigenvalue weighted by molar-refractivity contribution is 5.98. The monoisotopic (exact) mass is 278 g/mol. The van der Waals surface area contributed by atoms with E-state index in [-0.39, 0.29) is 13.0 Å². The highest BCUT2D eigenvalue weighted by atomic mass is 16.4. The molecule has 6 nitrogen and oxygen atoms in total. The Morgan fingerprint density at radius 2 is 2.20 bits per heavy atom. The van der Waals surface area contributed by atoms with Gasteiger partial charge in [0.05, 0.1) is 0 Å². The molecule has 1 atom stereocenters. The Morgan fingerprint density at radius 3 is 2.90 bits per heavy atom. The summed E-state index contributed by atoms with van der Waals surface area (Å²) >= 11 is 0. The fraction of sp³-hybridized carbons (Fsp3) is 0.429. The van der Waals surface area contributed by atoms with Gasteiger partial charge in [0.15, 0.2) is 0 Å². The van der Waals surface area contributed by atoms with Gasteiger partial charge in [0.1, 0.15) is 6.04 Å². The number of hydrogen-bond donors (Lipinski definition) is 4. The lowest BCUT2D eigenvalue weighted by Crippen LogP contribution is -2.42. The van der Waals surface area contributed by atoms with Gasteiger partial charge in [0, 0.05) is 25.1 Å². The molecule has 6 heteroatoms. The van der Waals surface area contributed by atoms with E-state index in [1.165, 1.54) is 0 Å². The molecule has 1 aliphatic rings. The summed E-state index contributed by atoms with van der Waals surface area (Å²) in [4.78, 5) is 23.2. The Kier molecular flexibility index (Phi) is 4.70. The highest BCUT2D eigenvalue weighted by Gasteiger charge is 2.23. The lowest BCUT2D eigenvalue weighted by atomic mass is 9.95. The van der Waals surface area contributed by atoms with E-state index in [0.29, 0.717) is 5.56 Å². The number of carbonyl (C=O) groups excluding carboxylic acids is 1. The second-order valence-electron chi connectivity index (χ2n) is 4.75. The van der Waals surface area contributed by atoms with Gasteiger partial charge in [-0.05, 0) is 30.2 Å². The van der Waals surface area contributed by atoms with Crippen molar-refractivity contribution < 1.29 is 19.8 Å². The lowest BCUT2D eigenvalue weighted by molar-refractivity contribution is -0.139. The number of amides is 1. The van der Waals surface area contributed by atoms with Crippen LogP contribution in [0.5, 0.6) is 0 Å².